The van der Waals surface area contributed by atoms with E-state index in [1.165, 1.54) is 13.0 Å². The van der Waals surface area contributed by atoms with Crippen molar-refractivity contribution in [2.75, 3.05) is 5.75 Å². The van der Waals surface area contributed by atoms with Crippen molar-refractivity contribution in [3.63, 3.8) is 0 Å². The summed E-state index contributed by atoms with van der Waals surface area (Å²) >= 11 is 0. The molecule has 0 atom stereocenters. The van der Waals surface area contributed by atoms with E-state index >= 15 is 0 Å². The van der Waals surface area contributed by atoms with Crippen LogP contribution in [0.2, 0.25) is 0 Å². The van der Waals surface area contributed by atoms with Crippen molar-refractivity contribution >= 4 is 15.6 Å². The summed E-state index contributed by atoms with van der Waals surface area (Å²) in [6, 6.07) is 2.27. The maximum Gasteiger partial charge on any atom is 0.453 e. The van der Waals surface area contributed by atoms with Gasteiger partial charge in [-0.05, 0) is 6.07 Å². The van der Waals surface area contributed by atoms with E-state index in [9.17, 15) is 26.7 Å². The molecule has 0 spiro atoms. The number of aromatic nitrogens is 5. The van der Waals surface area contributed by atoms with Crippen LogP contribution in [0.1, 0.15) is 12.7 Å². The molecule has 0 fully saturated rings. The zero-order chi connectivity index (χ0) is 18.4. The van der Waals surface area contributed by atoms with Gasteiger partial charge in [0.2, 0.25) is 0 Å². The monoisotopic (exact) mass is 373 g/mol. The average Bonchev–Trinajstić information content (AvgIpc) is 2.98. The first-order valence-electron chi connectivity index (χ1n) is 6.84. The topological polar surface area (TPSA) is 110 Å². The molecule has 0 aliphatic heterocycles. The third-order valence-corrected chi connectivity index (χ3v) is 5.00. The third kappa shape index (κ3) is 3.12. The summed E-state index contributed by atoms with van der Waals surface area (Å²) in [7, 11) is -3.76. The molecule has 3 heterocycles. The maximum absolute atomic E-state index is 12.7. The number of hydrogen-bond acceptors (Lipinski definition) is 7. The number of sulfone groups is 1. The highest BCUT2D eigenvalue weighted by Crippen LogP contribution is 2.29. The molecule has 1 N–H and O–H groups in total. The Morgan fingerprint density at radius 3 is 2.64 bits per heavy atom. The molecule has 3 aromatic rings. The summed E-state index contributed by atoms with van der Waals surface area (Å²) in [4.78, 5) is 10.8. The highest BCUT2D eigenvalue weighted by Gasteiger charge is 2.36. The van der Waals surface area contributed by atoms with Crippen LogP contribution < -0.4 is 0 Å². The molecule has 0 amide bonds. The van der Waals surface area contributed by atoms with E-state index < -0.39 is 21.8 Å². The van der Waals surface area contributed by atoms with E-state index in [0.29, 0.717) is 0 Å². The fourth-order valence-corrected chi connectivity index (χ4v) is 3.11. The summed E-state index contributed by atoms with van der Waals surface area (Å²) in [5.74, 6) is -2.34. The minimum absolute atomic E-state index is 0.0133. The molecule has 0 aliphatic rings. The van der Waals surface area contributed by atoms with E-state index in [2.05, 4.69) is 20.1 Å². The van der Waals surface area contributed by atoms with Gasteiger partial charge in [-0.15, -0.1) is 5.10 Å². The normalized spacial score (nSPS) is 12.6. The fraction of sp³-hybridized carbons (Fsp3) is 0.231. The van der Waals surface area contributed by atoms with Crippen LogP contribution in [0.3, 0.4) is 0 Å². The molecule has 0 aromatic carbocycles. The van der Waals surface area contributed by atoms with Crippen molar-refractivity contribution in [3.8, 4) is 17.1 Å². The van der Waals surface area contributed by atoms with Gasteiger partial charge in [0, 0.05) is 12.3 Å². The minimum atomic E-state index is -4.73. The summed E-state index contributed by atoms with van der Waals surface area (Å²) < 4.78 is 63.2. The van der Waals surface area contributed by atoms with Gasteiger partial charge < -0.3 is 5.11 Å². The second-order valence-electron chi connectivity index (χ2n) is 4.93. The molecule has 3 rings (SSSR count). The van der Waals surface area contributed by atoms with Crippen molar-refractivity contribution in [2.45, 2.75) is 18.0 Å². The van der Waals surface area contributed by atoms with Crippen LogP contribution in [-0.4, -0.2) is 43.8 Å². The number of halogens is 3. The van der Waals surface area contributed by atoms with Gasteiger partial charge in [-0.25, -0.2) is 22.9 Å². The summed E-state index contributed by atoms with van der Waals surface area (Å²) in [6.07, 6.45) is -2.56. The molecule has 0 radical (unpaired) electrons. The number of pyridine rings is 1. The number of aromatic hydroxyl groups is 1. The average molecular weight is 373 g/mol. The molecule has 8 nitrogen and oxygen atoms in total. The van der Waals surface area contributed by atoms with Gasteiger partial charge in [0.25, 0.3) is 11.6 Å². The molecule has 12 heteroatoms. The van der Waals surface area contributed by atoms with Crippen LogP contribution in [0, 0.1) is 0 Å². The van der Waals surface area contributed by atoms with Crippen LogP contribution in [0.4, 0.5) is 13.2 Å². The number of alkyl halides is 3. The van der Waals surface area contributed by atoms with Crippen molar-refractivity contribution in [3.05, 3.63) is 30.4 Å². The lowest BCUT2D eigenvalue weighted by atomic mass is 10.2. The predicted octanol–water partition coefficient (Wildman–Crippen LogP) is 1.70. The Hall–Kier alpha value is -2.76. The molecule has 25 heavy (non-hydrogen) atoms. The van der Waals surface area contributed by atoms with Crippen molar-refractivity contribution in [1.29, 1.82) is 0 Å². The van der Waals surface area contributed by atoms with Crippen molar-refractivity contribution in [1.82, 2.24) is 24.6 Å². The Balaban J connectivity index is 2.20. The SMILES string of the molecule is CCS(=O)(=O)c1cc(O)cnc1-c1ccn2nc(C(F)(F)F)nc2n1. The molecule has 0 saturated carbocycles. The van der Waals surface area contributed by atoms with Crippen LogP contribution in [-0.2, 0) is 16.0 Å². The van der Waals surface area contributed by atoms with E-state index in [4.69, 9.17) is 0 Å². The highest BCUT2D eigenvalue weighted by molar-refractivity contribution is 7.91. The Kier molecular flexibility index (Phi) is 3.86. The predicted molar refractivity (Wildman–Crippen MR) is 78.4 cm³/mol. The lowest BCUT2D eigenvalue weighted by molar-refractivity contribution is -0.144. The Labute approximate surface area is 138 Å². The van der Waals surface area contributed by atoms with Gasteiger partial charge in [-0.1, -0.05) is 6.92 Å². The second kappa shape index (κ2) is 5.65. The van der Waals surface area contributed by atoms with Gasteiger partial charge in [-0.3, -0.25) is 0 Å². The zero-order valence-corrected chi connectivity index (χ0v) is 13.4. The number of fused-ring (bicyclic) bond motifs is 1. The maximum atomic E-state index is 12.7. The van der Waals surface area contributed by atoms with Crippen molar-refractivity contribution in [2.24, 2.45) is 0 Å². The fourth-order valence-electron chi connectivity index (χ4n) is 2.05. The zero-order valence-electron chi connectivity index (χ0n) is 12.6. The lowest BCUT2D eigenvalue weighted by Gasteiger charge is -2.08. The first-order valence-corrected chi connectivity index (χ1v) is 8.50. The largest absolute Gasteiger partial charge is 0.506 e. The van der Waals surface area contributed by atoms with Gasteiger partial charge in [-0.2, -0.15) is 18.2 Å². The van der Waals surface area contributed by atoms with E-state index in [-0.39, 0.29) is 33.6 Å². The molecule has 0 bridgehead atoms. The second-order valence-corrected chi connectivity index (χ2v) is 7.18. The number of hydrogen-bond donors (Lipinski definition) is 1. The van der Waals surface area contributed by atoms with E-state index in [0.717, 1.165) is 23.0 Å². The van der Waals surface area contributed by atoms with Gasteiger partial charge in [0.1, 0.15) is 11.4 Å². The molecule has 0 unspecified atom stereocenters. The molecule has 0 saturated heterocycles. The van der Waals surface area contributed by atoms with E-state index in [1.54, 1.807) is 0 Å². The molecule has 3 aromatic heterocycles. The minimum Gasteiger partial charge on any atom is -0.506 e. The molecule has 0 aliphatic carbocycles. The summed E-state index contributed by atoms with van der Waals surface area (Å²) in [5, 5.41) is 12.8. The van der Waals surface area contributed by atoms with Gasteiger partial charge >= 0.3 is 6.18 Å². The van der Waals surface area contributed by atoms with Crippen LogP contribution in [0.15, 0.2) is 29.4 Å². The highest BCUT2D eigenvalue weighted by atomic mass is 32.2. The molecular weight excluding hydrogens is 363 g/mol. The lowest BCUT2D eigenvalue weighted by Crippen LogP contribution is -2.07. The van der Waals surface area contributed by atoms with Crippen LogP contribution in [0.5, 0.6) is 5.75 Å². The third-order valence-electron chi connectivity index (χ3n) is 3.26. The summed E-state index contributed by atoms with van der Waals surface area (Å²) in [5.41, 5.74) is -0.112. The van der Waals surface area contributed by atoms with Crippen molar-refractivity contribution < 1.29 is 26.7 Å². The van der Waals surface area contributed by atoms with Gasteiger partial charge in [0.05, 0.1) is 22.5 Å². The first-order chi connectivity index (χ1) is 11.6. The van der Waals surface area contributed by atoms with Gasteiger partial charge in [0.15, 0.2) is 9.84 Å². The van der Waals surface area contributed by atoms with E-state index in [1.807, 2.05) is 0 Å². The summed E-state index contributed by atoms with van der Waals surface area (Å²) in [6.45, 7) is 1.41. The standard InChI is InChI=1S/C13H10F3N5O3S/c1-2-25(23,24)9-5-7(22)6-17-10(9)8-3-4-21-12(18-8)19-11(20-21)13(14,15)16/h3-6,22H,2H2,1H3. The smallest absolute Gasteiger partial charge is 0.453 e. The quantitative estimate of drug-likeness (QED) is 0.744. The number of rotatable bonds is 3. The Morgan fingerprint density at radius 1 is 1.28 bits per heavy atom. The Bertz CT molecular complexity index is 1060. The van der Waals surface area contributed by atoms with Crippen LogP contribution in [0.25, 0.3) is 17.2 Å². The van der Waals surface area contributed by atoms with Crippen LogP contribution >= 0.6 is 0 Å². The Morgan fingerprint density at radius 2 is 2.00 bits per heavy atom. The number of nitrogens with zero attached hydrogens (tertiary/aromatic N) is 5. The molecular formula is C13H10F3N5O3S. The first kappa shape index (κ1) is 17.1. The molecule has 132 valence electrons.